The zero-order chi connectivity index (χ0) is 18.4. The number of pyridine rings is 2. The maximum Gasteiger partial charge on any atom is 0.258 e. The Morgan fingerprint density at radius 2 is 2.22 bits per heavy atom. The Kier molecular flexibility index (Phi) is 3.68. The van der Waals surface area contributed by atoms with Crippen LogP contribution < -0.4 is 5.32 Å². The van der Waals surface area contributed by atoms with Gasteiger partial charge in [-0.15, -0.1) is 10.2 Å². The first-order valence-electron chi connectivity index (χ1n) is 8.60. The van der Waals surface area contributed by atoms with Gasteiger partial charge in [0.25, 0.3) is 5.91 Å². The summed E-state index contributed by atoms with van der Waals surface area (Å²) in [5, 5.41) is 16.3. The molecule has 0 spiro atoms. The van der Waals surface area contributed by atoms with Gasteiger partial charge in [0.2, 0.25) is 5.13 Å². The van der Waals surface area contributed by atoms with Gasteiger partial charge in [-0.2, -0.15) is 9.78 Å². The maximum atomic E-state index is 13.0. The summed E-state index contributed by atoms with van der Waals surface area (Å²) in [5.74, 6) is 0.839. The van der Waals surface area contributed by atoms with Crippen LogP contribution in [0, 0.1) is 6.92 Å². The lowest BCUT2D eigenvalue weighted by molar-refractivity contribution is 0.102. The fourth-order valence-electron chi connectivity index (χ4n) is 3.11. The van der Waals surface area contributed by atoms with E-state index >= 15 is 0 Å². The number of nitrogens with one attached hydrogen (secondary N) is 1. The molecule has 0 aromatic carbocycles. The summed E-state index contributed by atoms with van der Waals surface area (Å²) in [6.45, 7) is 1.88. The maximum absolute atomic E-state index is 13.0. The van der Waals surface area contributed by atoms with Crippen molar-refractivity contribution in [2.24, 2.45) is 0 Å². The van der Waals surface area contributed by atoms with Crippen LogP contribution in [0.3, 0.4) is 0 Å². The number of nitrogens with zero attached hydrogens (tertiary/aromatic N) is 6. The topological polar surface area (TPSA) is 98.5 Å². The third-order valence-corrected chi connectivity index (χ3v) is 5.13. The molecule has 0 saturated heterocycles. The number of amides is 1. The first kappa shape index (κ1) is 16.0. The van der Waals surface area contributed by atoms with Crippen molar-refractivity contribution in [2.45, 2.75) is 25.7 Å². The van der Waals surface area contributed by atoms with Crippen molar-refractivity contribution in [3.8, 4) is 5.82 Å². The summed E-state index contributed by atoms with van der Waals surface area (Å²) < 4.78 is 1.71. The zero-order valence-corrected chi connectivity index (χ0v) is 15.3. The number of hydrogen-bond acceptors (Lipinski definition) is 7. The fraction of sp³-hybridized carbons (Fsp3) is 0.222. The van der Waals surface area contributed by atoms with Gasteiger partial charge < -0.3 is 0 Å². The molecule has 0 radical (unpaired) electrons. The number of aromatic nitrogens is 6. The zero-order valence-electron chi connectivity index (χ0n) is 14.5. The Bertz CT molecular complexity index is 1130. The van der Waals surface area contributed by atoms with Gasteiger partial charge in [-0.3, -0.25) is 10.1 Å². The van der Waals surface area contributed by atoms with Crippen molar-refractivity contribution in [2.75, 3.05) is 5.32 Å². The van der Waals surface area contributed by atoms with Crippen LogP contribution >= 0.6 is 11.3 Å². The van der Waals surface area contributed by atoms with E-state index in [-0.39, 0.29) is 5.91 Å². The van der Waals surface area contributed by atoms with E-state index in [1.165, 1.54) is 11.3 Å². The minimum absolute atomic E-state index is 0.232. The second-order valence-electron chi connectivity index (χ2n) is 6.45. The van der Waals surface area contributed by atoms with Gasteiger partial charge in [-0.25, -0.2) is 9.97 Å². The van der Waals surface area contributed by atoms with Crippen molar-refractivity contribution in [1.82, 2.24) is 29.9 Å². The quantitative estimate of drug-likeness (QED) is 0.587. The van der Waals surface area contributed by atoms with Crippen LogP contribution in [0.25, 0.3) is 16.9 Å². The van der Waals surface area contributed by atoms with Gasteiger partial charge in [0.1, 0.15) is 5.51 Å². The standard InChI is InChI=1S/C18H15N7OS/c1-10-15-12(17(26)22-18-23-20-9-27-18)8-13(11-5-6-11)21-16(15)25(24-10)14-4-2-3-7-19-14/h2-4,7-9,11H,5-6H2,1H3,(H,22,23,26). The first-order valence-corrected chi connectivity index (χ1v) is 9.48. The molecule has 1 saturated carbocycles. The van der Waals surface area contributed by atoms with Crippen molar-refractivity contribution in [1.29, 1.82) is 0 Å². The van der Waals surface area contributed by atoms with E-state index in [1.807, 2.05) is 31.2 Å². The fourth-order valence-corrected chi connectivity index (χ4v) is 3.55. The number of carbonyl (C=O) groups excluding carboxylic acids is 1. The summed E-state index contributed by atoms with van der Waals surface area (Å²) in [6, 6.07) is 7.51. The number of rotatable bonds is 4. The lowest BCUT2D eigenvalue weighted by Gasteiger charge is -2.08. The highest BCUT2D eigenvalue weighted by atomic mass is 32.1. The van der Waals surface area contributed by atoms with Crippen molar-refractivity contribution in [3.63, 3.8) is 0 Å². The molecule has 27 heavy (non-hydrogen) atoms. The highest BCUT2D eigenvalue weighted by molar-refractivity contribution is 7.13. The molecule has 1 aliphatic carbocycles. The molecule has 1 N–H and O–H groups in total. The second kappa shape index (κ2) is 6.20. The minimum atomic E-state index is -0.232. The number of aryl methyl sites for hydroxylation is 1. The Morgan fingerprint density at radius 3 is 2.93 bits per heavy atom. The van der Waals surface area contributed by atoms with E-state index in [0.717, 1.165) is 29.6 Å². The molecular weight excluding hydrogens is 362 g/mol. The number of fused-ring (bicyclic) bond motifs is 1. The van der Waals surface area contributed by atoms with Crippen LogP contribution in [0.4, 0.5) is 5.13 Å². The third kappa shape index (κ3) is 2.85. The van der Waals surface area contributed by atoms with Crippen molar-refractivity contribution < 1.29 is 4.79 Å². The molecule has 0 atom stereocenters. The van der Waals surface area contributed by atoms with Crippen LogP contribution in [0.2, 0.25) is 0 Å². The van der Waals surface area contributed by atoms with E-state index < -0.39 is 0 Å². The van der Waals surface area contributed by atoms with Crippen molar-refractivity contribution in [3.05, 3.63) is 52.9 Å². The Hall–Kier alpha value is -3.20. The van der Waals surface area contributed by atoms with Crippen LogP contribution in [0.5, 0.6) is 0 Å². The molecule has 8 nitrogen and oxygen atoms in total. The largest absolute Gasteiger partial charge is 0.296 e. The molecule has 0 aliphatic heterocycles. The second-order valence-corrected chi connectivity index (χ2v) is 7.28. The Labute approximate surface area is 158 Å². The molecule has 0 unspecified atom stereocenters. The Morgan fingerprint density at radius 1 is 1.33 bits per heavy atom. The number of carbonyl (C=O) groups is 1. The van der Waals surface area contributed by atoms with Crippen LogP contribution in [-0.2, 0) is 0 Å². The minimum Gasteiger partial charge on any atom is -0.296 e. The monoisotopic (exact) mass is 377 g/mol. The van der Waals surface area contributed by atoms with Gasteiger partial charge >= 0.3 is 0 Å². The van der Waals surface area contributed by atoms with E-state index in [4.69, 9.17) is 4.98 Å². The average Bonchev–Trinajstić information content (AvgIpc) is 3.33. The van der Waals surface area contributed by atoms with Crippen LogP contribution in [0.15, 0.2) is 36.0 Å². The predicted molar refractivity (Wildman–Crippen MR) is 101 cm³/mol. The molecule has 1 aliphatic rings. The first-order chi connectivity index (χ1) is 13.2. The van der Waals surface area contributed by atoms with Gasteiger partial charge in [0.05, 0.1) is 16.6 Å². The molecule has 0 bridgehead atoms. The highest BCUT2D eigenvalue weighted by Gasteiger charge is 2.29. The molecule has 4 aromatic rings. The number of anilines is 1. The summed E-state index contributed by atoms with van der Waals surface area (Å²) >= 11 is 1.28. The van der Waals surface area contributed by atoms with E-state index in [0.29, 0.717) is 28.1 Å². The lowest BCUT2D eigenvalue weighted by atomic mass is 10.1. The highest BCUT2D eigenvalue weighted by Crippen LogP contribution is 2.40. The van der Waals surface area contributed by atoms with E-state index in [2.05, 4.69) is 25.6 Å². The summed E-state index contributed by atoms with van der Waals surface area (Å²) in [5.41, 5.74) is 4.43. The summed E-state index contributed by atoms with van der Waals surface area (Å²) in [7, 11) is 0. The van der Waals surface area contributed by atoms with Gasteiger partial charge in [0, 0.05) is 17.8 Å². The smallest absolute Gasteiger partial charge is 0.258 e. The lowest BCUT2D eigenvalue weighted by Crippen LogP contribution is -2.13. The summed E-state index contributed by atoms with van der Waals surface area (Å²) in [6.07, 6.45) is 3.89. The van der Waals surface area contributed by atoms with Crippen LogP contribution in [0.1, 0.15) is 40.5 Å². The molecule has 134 valence electrons. The molecule has 4 aromatic heterocycles. The SMILES string of the molecule is Cc1nn(-c2ccccn2)c2nc(C3CC3)cc(C(=O)Nc3nncs3)c12. The predicted octanol–water partition coefficient (Wildman–Crippen LogP) is 3.11. The summed E-state index contributed by atoms with van der Waals surface area (Å²) in [4.78, 5) is 22.2. The van der Waals surface area contributed by atoms with Gasteiger partial charge in [-0.1, -0.05) is 17.4 Å². The van der Waals surface area contributed by atoms with E-state index in [1.54, 1.807) is 16.4 Å². The van der Waals surface area contributed by atoms with Gasteiger partial charge in [-0.05, 0) is 38.0 Å². The molecular formula is C18H15N7OS. The molecule has 9 heteroatoms. The van der Waals surface area contributed by atoms with Gasteiger partial charge in [0.15, 0.2) is 11.5 Å². The number of hydrogen-bond donors (Lipinski definition) is 1. The molecule has 4 heterocycles. The van der Waals surface area contributed by atoms with E-state index in [9.17, 15) is 4.79 Å². The molecule has 5 rings (SSSR count). The van der Waals surface area contributed by atoms with Crippen LogP contribution in [-0.4, -0.2) is 35.9 Å². The normalized spacial score (nSPS) is 13.8. The molecule has 1 fully saturated rings. The third-order valence-electron chi connectivity index (χ3n) is 4.52. The van der Waals surface area contributed by atoms with Crippen molar-refractivity contribution >= 4 is 33.4 Å². The molecule has 1 amide bonds. The average molecular weight is 377 g/mol. The Balaban J connectivity index is 1.70.